The zero-order chi connectivity index (χ0) is 12.4. The van der Waals surface area contributed by atoms with Crippen LogP contribution in [0, 0.1) is 6.92 Å². The van der Waals surface area contributed by atoms with Crippen molar-refractivity contribution in [1.82, 2.24) is 14.8 Å². The summed E-state index contributed by atoms with van der Waals surface area (Å²) in [5.41, 5.74) is 3.18. The van der Waals surface area contributed by atoms with Crippen molar-refractivity contribution in [2.45, 2.75) is 6.92 Å². The number of rotatable bonds is 2. The van der Waals surface area contributed by atoms with E-state index in [1.54, 1.807) is 30.2 Å². The van der Waals surface area contributed by atoms with Crippen molar-refractivity contribution in [3.8, 4) is 11.3 Å². The quantitative estimate of drug-likeness (QED) is 0.736. The summed E-state index contributed by atoms with van der Waals surface area (Å²) < 4.78 is 6.29. The lowest BCUT2D eigenvalue weighted by Crippen LogP contribution is -2.03. The van der Waals surface area contributed by atoms with Crippen LogP contribution in [-0.4, -0.2) is 27.8 Å². The van der Waals surface area contributed by atoms with E-state index in [1.807, 2.05) is 13.0 Å². The first-order chi connectivity index (χ1) is 8.13. The van der Waals surface area contributed by atoms with Gasteiger partial charge < -0.3 is 4.74 Å². The second kappa shape index (κ2) is 4.37. The fraction of sp³-hybridized carbons (Fsp3) is 0.250. The van der Waals surface area contributed by atoms with E-state index in [9.17, 15) is 4.79 Å². The van der Waals surface area contributed by atoms with Crippen LogP contribution >= 0.6 is 0 Å². The molecule has 5 nitrogen and oxygen atoms in total. The average molecular weight is 231 g/mol. The van der Waals surface area contributed by atoms with E-state index < -0.39 is 5.97 Å². The highest BCUT2D eigenvalue weighted by Crippen LogP contribution is 2.22. The summed E-state index contributed by atoms with van der Waals surface area (Å²) in [5.74, 6) is -0.437. The summed E-state index contributed by atoms with van der Waals surface area (Å²) in [5, 5.41) is 4.11. The number of esters is 1. The maximum atomic E-state index is 11.4. The Balaban J connectivity index is 2.50. The molecule has 88 valence electrons. The van der Waals surface area contributed by atoms with Gasteiger partial charge in [-0.3, -0.25) is 9.67 Å². The van der Waals surface area contributed by atoms with E-state index >= 15 is 0 Å². The molecule has 0 radical (unpaired) electrons. The standard InChI is InChI=1S/C12H13N3O2/c1-8-4-5-13-7-9(8)11-6-10(12(16)17-3)14-15(11)2/h4-7H,1-3H3. The Morgan fingerprint density at radius 3 is 2.88 bits per heavy atom. The number of nitrogens with zero attached hydrogens (tertiary/aromatic N) is 3. The second-order valence-corrected chi connectivity index (χ2v) is 3.72. The van der Waals surface area contributed by atoms with Crippen LogP contribution in [0.4, 0.5) is 0 Å². The summed E-state index contributed by atoms with van der Waals surface area (Å²) in [6.45, 7) is 1.99. The minimum absolute atomic E-state index is 0.299. The molecule has 5 heteroatoms. The van der Waals surface area contributed by atoms with Gasteiger partial charge in [0.1, 0.15) is 0 Å². The van der Waals surface area contributed by atoms with Crippen LogP contribution in [0.25, 0.3) is 11.3 Å². The number of methoxy groups -OCH3 is 1. The van der Waals surface area contributed by atoms with Gasteiger partial charge in [0.2, 0.25) is 0 Å². The van der Waals surface area contributed by atoms with E-state index in [1.165, 1.54) is 7.11 Å². The first-order valence-corrected chi connectivity index (χ1v) is 5.17. The van der Waals surface area contributed by atoms with Gasteiger partial charge in [0, 0.05) is 25.0 Å². The normalized spacial score (nSPS) is 10.3. The molecule has 0 aliphatic heterocycles. The van der Waals surface area contributed by atoms with E-state index in [0.29, 0.717) is 5.69 Å². The molecule has 2 aromatic rings. The number of ether oxygens (including phenoxy) is 1. The van der Waals surface area contributed by atoms with E-state index in [4.69, 9.17) is 0 Å². The lowest BCUT2D eigenvalue weighted by atomic mass is 10.1. The van der Waals surface area contributed by atoms with Gasteiger partial charge in [-0.25, -0.2) is 4.79 Å². The van der Waals surface area contributed by atoms with Crippen molar-refractivity contribution in [1.29, 1.82) is 0 Å². The molecule has 0 N–H and O–H groups in total. The number of aromatic nitrogens is 3. The van der Waals surface area contributed by atoms with Crippen LogP contribution in [0.15, 0.2) is 24.5 Å². The van der Waals surface area contributed by atoms with Crippen molar-refractivity contribution in [2.24, 2.45) is 7.05 Å². The zero-order valence-electron chi connectivity index (χ0n) is 9.97. The number of aryl methyl sites for hydroxylation is 2. The molecule has 2 heterocycles. The highest BCUT2D eigenvalue weighted by Gasteiger charge is 2.15. The fourth-order valence-electron chi connectivity index (χ4n) is 1.66. The molecule has 0 aliphatic rings. The highest BCUT2D eigenvalue weighted by molar-refractivity contribution is 5.88. The summed E-state index contributed by atoms with van der Waals surface area (Å²) in [7, 11) is 3.13. The van der Waals surface area contributed by atoms with Crippen LogP contribution in [-0.2, 0) is 11.8 Å². The molecule has 2 aromatic heterocycles. The van der Waals surface area contributed by atoms with Crippen LogP contribution in [0.1, 0.15) is 16.1 Å². The predicted molar refractivity (Wildman–Crippen MR) is 62.5 cm³/mol. The Morgan fingerprint density at radius 1 is 1.47 bits per heavy atom. The number of pyridine rings is 1. The molecule has 0 bridgehead atoms. The van der Waals surface area contributed by atoms with Gasteiger partial charge in [-0.2, -0.15) is 5.10 Å². The second-order valence-electron chi connectivity index (χ2n) is 3.72. The molecule has 0 unspecified atom stereocenters. The van der Waals surface area contributed by atoms with Gasteiger partial charge in [0.05, 0.1) is 12.8 Å². The summed E-state index contributed by atoms with van der Waals surface area (Å²) in [4.78, 5) is 15.5. The van der Waals surface area contributed by atoms with Crippen molar-refractivity contribution < 1.29 is 9.53 Å². The Kier molecular flexibility index (Phi) is 2.91. The molecule has 0 amide bonds. The van der Waals surface area contributed by atoms with Crippen molar-refractivity contribution in [3.05, 3.63) is 35.8 Å². The third kappa shape index (κ3) is 2.04. The van der Waals surface area contributed by atoms with Gasteiger partial charge in [-0.15, -0.1) is 0 Å². The SMILES string of the molecule is COC(=O)c1cc(-c2cnccc2C)n(C)n1. The molecule has 0 aromatic carbocycles. The Labute approximate surface area is 99.1 Å². The number of carbonyl (C=O) groups is 1. The average Bonchev–Trinajstić information content (AvgIpc) is 2.71. The largest absolute Gasteiger partial charge is 0.464 e. The number of carbonyl (C=O) groups excluding carboxylic acids is 1. The molecule has 0 saturated carbocycles. The third-order valence-corrected chi connectivity index (χ3v) is 2.59. The van der Waals surface area contributed by atoms with Gasteiger partial charge >= 0.3 is 5.97 Å². The third-order valence-electron chi connectivity index (χ3n) is 2.59. The molecule has 0 aliphatic carbocycles. The number of hydrogen-bond donors (Lipinski definition) is 0. The Hall–Kier alpha value is -2.17. The van der Waals surface area contributed by atoms with Crippen LogP contribution in [0.2, 0.25) is 0 Å². The molecule has 0 spiro atoms. The van der Waals surface area contributed by atoms with Crippen molar-refractivity contribution in [3.63, 3.8) is 0 Å². The van der Waals surface area contributed by atoms with Gasteiger partial charge in [0.15, 0.2) is 5.69 Å². The summed E-state index contributed by atoms with van der Waals surface area (Å²) in [6.07, 6.45) is 3.49. The lowest BCUT2D eigenvalue weighted by Gasteiger charge is -2.03. The molecule has 2 rings (SSSR count). The topological polar surface area (TPSA) is 57.0 Å². The summed E-state index contributed by atoms with van der Waals surface area (Å²) in [6, 6.07) is 3.62. The van der Waals surface area contributed by atoms with Gasteiger partial charge in [0.25, 0.3) is 0 Å². The molecular formula is C12H13N3O2. The molecule has 0 saturated heterocycles. The van der Waals surface area contributed by atoms with Crippen LogP contribution < -0.4 is 0 Å². The minimum atomic E-state index is -0.437. The highest BCUT2D eigenvalue weighted by atomic mass is 16.5. The van der Waals surface area contributed by atoms with Gasteiger partial charge in [-0.05, 0) is 24.6 Å². The first-order valence-electron chi connectivity index (χ1n) is 5.17. The van der Waals surface area contributed by atoms with Crippen molar-refractivity contribution >= 4 is 5.97 Å². The smallest absolute Gasteiger partial charge is 0.358 e. The van der Waals surface area contributed by atoms with Gasteiger partial charge in [-0.1, -0.05) is 0 Å². The Morgan fingerprint density at radius 2 is 2.24 bits per heavy atom. The Bertz CT molecular complexity index is 561. The zero-order valence-corrected chi connectivity index (χ0v) is 9.97. The van der Waals surface area contributed by atoms with Crippen LogP contribution in [0.5, 0.6) is 0 Å². The molecule has 0 fully saturated rings. The summed E-state index contributed by atoms with van der Waals surface area (Å²) >= 11 is 0. The fourth-order valence-corrected chi connectivity index (χ4v) is 1.66. The lowest BCUT2D eigenvalue weighted by molar-refractivity contribution is 0.0593. The maximum absolute atomic E-state index is 11.4. The van der Waals surface area contributed by atoms with E-state index in [2.05, 4.69) is 14.8 Å². The van der Waals surface area contributed by atoms with Crippen molar-refractivity contribution in [2.75, 3.05) is 7.11 Å². The maximum Gasteiger partial charge on any atom is 0.358 e. The minimum Gasteiger partial charge on any atom is -0.464 e. The molecule has 0 atom stereocenters. The van der Waals surface area contributed by atoms with E-state index in [-0.39, 0.29) is 0 Å². The predicted octanol–water partition coefficient (Wildman–Crippen LogP) is 1.58. The molecule has 17 heavy (non-hydrogen) atoms. The monoisotopic (exact) mass is 231 g/mol. The van der Waals surface area contributed by atoms with E-state index in [0.717, 1.165) is 16.8 Å². The molecular weight excluding hydrogens is 218 g/mol. The van der Waals surface area contributed by atoms with Crippen LogP contribution in [0.3, 0.4) is 0 Å². The first kappa shape index (κ1) is 11.3. The number of hydrogen-bond acceptors (Lipinski definition) is 4.